The van der Waals surface area contributed by atoms with Crippen LogP contribution in [0, 0.1) is 5.92 Å². The highest BCUT2D eigenvalue weighted by molar-refractivity contribution is 5.94. The maximum Gasteiger partial charge on any atom is 0.549 e. The van der Waals surface area contributed by atoms with Crippen molar-refractivity contribution < 1.29 is 101 Å². The Hall–Kier alpha value is -7.32. The number of carbonyl (C=O) groups excluding carboxylic acids is 6. The second-order valence-electron chi connectivity index (χ2n) is 10.7. The van der Waals surface area contributed by atoms with Gasteiger partial charge in [0, 0.05) is 0 Å². The van der Waals surface area contributed by atoms with Crippen molar-refractivity contribution in [3.05, 3.63) is 71.3 Å². The summed E-state index contributed by atoms with van der Waals surface area (Å²) in [6.45, 7) is -1.28. The molecule has 3 aromatic rings. The lowest BCUT2D eigenvalue weighted by atomic mass is 10.0. The molecule has 308 valence electrons. The predicted octanol–water partition coefficient (Wildman–Crippen LogP) is 5.21. The van der Waals surface area contributed by atoms with E-state index in [1.54, 1.807) is 0 Å². The van der Waals surface area contributed by atoms with E-state index in [1.165, 1.54) is 97.3 Å². The summed E-state index contributed by atoms with van der Waals surface area (Å²) in [6, 6.07) is 13.0. The number of methoxy groups -OCH3 is 6. The molecular weight excluding hydrogens is 768 g/mol. The van der Waals surface area contributed by atoms with Crippen molar-refractivity contribution in [1.82, 2.24) is 0 Å². The molecule has 0 amide bonds. The van der Waals surface area contributed by atoms with Gasteiger partial charge in [0.25, 0.3) is 0 Å². The molecule has 3 aromatic carbocycles. The molecule has 0 unspecified atom stereocenters. The summed E-state index contributed by atoms with van der Waals surface area (Å²) in [4.78, 5) is 101. The van der Waals surface area contributed by atoms with E-state index in [-0.39, 0.29) is 64.0 Å². The van der Waals surface area contributed by atoms with Gasteiger partial charge in [0.15, 0.2) is 34.5 Å². The van der Waals surface area contributed by atoms with Gasteiger partial charge >= 0.3 is 36.4 Å². The first-order valence-electron chi connectivity index (χ1n) is 16.3. The predicted molar refractivity (Wildman–Crippen MR) is 185 cm³/mol. The zero-order valence-electron chi connectivity index (χ0n) is 31.4. The lowest BCUT2D eigenvalue weighted by Gasteiger charge is -2.16. The van der Waals surface area contributed by atoms with Crippen LogP contribution in [-0.4, -0.2) is 98.9 Å². The van der Waals surface area contributed by atoms with E-state index in [1.807, 2.05) is 0 Å². The maximum absolute atomic E-state index is 12.5. The number of carbonyl (C=O) groups is 6. The summed E-state index contributed by atoms with van der Waals surface area (Å²) < 4.78 is 45.7. The van der Waals surface area contributed by atoms with Gasteiger partial charge in [0.1, 0.15) is 16.7 Å². The van der Waals surface area contributed by atoms with Crippen LogP contribution in [0.1, 0.15) is 43.9 Å². The summed E-state index contributed by atoms with van der Waals surface area (Å²) >= 11 is 0. The summed E-state index contributed by atoms with van der Waals surface area (Å²) in [7, 11) is 7.94. The molecule has 57 heavy (non-hydrogen) atoms. The van der Waals surface area contributed by atoms with Crippen LogP contribution in [0.5, 0.6) is 34.5 Å². The number of hydrogen-bond acceptors (Lipinski definition) is 21. The molecule has 0 saturated carbocycles. The standard InChI is InChI=1S/C36H38O21/c1-43-25-13-7-10-22(28(25)46-4)31(37)52-55-34(40)49-18-16-21(20-51-36(42)57-54-33(39)24-12-9-15-27(45-3)30(24)48-6)17-19-50-35(41)56-53-32(38)23-11-8-14-26(44-2)29(23)47-5/h7-15,21H,16-20H2,1-6H3. The van der Waals surface area contributed by atoms with E-state index >= 15 is 0 Å². The fraction of sp³-hybridized carbons (Fsp3) is 0.333. The van der Waals surface area contributed by atoms with Crippen molar-refractivity contribution in [2.45, 2.75) is 12.8 Å². The van der Waals surface area contributed by atoms with Crippen LogP contribution in [0.25, 0.3) is 0 Å². The minimum absolute atomic E-state index is 0.0173. The average Bonchev–Trinajstić information content (AvgIpc) is 3.24. The summed E-state index contributed by atoms with van der Waals surface area (Å²) in [6.07, 6.45) is -4.44. The Balaban J connectivity index is 1.55. The number of rotatable bonds is 17. The van der Waals surface area contributed by atoms with Crippen molar-refractivity contribution in [3.8, 4) is 34.5 Å². The smallest absolute Gasteiger partial charge is 0.493 e. The number of ether oxygens (including phenoxy) is 9. The zero-order chi connectivity index (χ0) is 41.7. The second-order valence-corrected chi connectivity index (χ2v) is 10.7. The Labute approximate surface area is 324 Å². The highest BCUT2D eigenvalue weighted by Crippen LogP contribution is 2.33. The van der Waals surface area contributed by atoms with Crippen LogP contribution >= 0.6 is 0 Å². The largest absolute Gasteiger partial charge is 0.549 e. The molecule has 21 heteroatoms. The van der Waals surface area contributed by atoms with E-state index in [9.17, 15) is 28.8 Å². The molecule has 0 bridgehead atoms. The molecule has 0 N–H and O–H groups in total. The van der Waals surface area contributed by atoms with Gasteiger partial charge in [0.2, 0.25) is 0 Å². The van der Waals surface area contributed by atoms with Gasteiger partial charge in [-0.3, -0.25) is 0 Å². The van der Waals surface area contributed by atoms with E-state index < -0.39 is 62.1 Å². The quantitative estimate of drug-likeness (QED) is 0.0735. The highest BCUT2D eigenvalue weighted by atomic mass is 17.2. The highest BCUT2D eigenvalue weighted by Gasteiger charge is 2.25. The Morgan fingerprint density at radius 2 is 0.737 bits per heavy atom. The average molecular weight is 807 g/mol. The molecule has 0 aromatic heterocycles. The molecule has 0 fully saturated rings. The van der Waals surface area contributed by atoms with Crippen molar-refractivity contribution in [3.63, 3.8) is 0 Å². The molecular formula is C36H38O21. The van der Waals surface area contributed by atoms with Crippen LogP contribution in [0.2, 0.25) is 0 Å². The van der Waals surface area contributed by atoms with E-state index in [0.29, 0.717) is 0 Å². The van der Waals surface area contributed by atoms with Crippen LogP contribution in [0.15, 0.2) is 54.6 Å². The first kappa shape index (κ1) is 44.1. The Morgan fingerprint density at radius 3 is 1.04 bits per heavy atom. The third-order valence-corrected chi connectivity index (χ3v) is 7.35. The number of hydrogen-bond donors (Lipinski definition) is 0. The number of para-hydroxylation sites is 3. The minimum Gasteiger partial charge on any atom is -0.493 e. The Morgan fingerprint density at radius 1 is 0.421 bits per heavy atom. The van der Waals surface area contributed by atoms with Crippen LogP contribution in [0.4, 0.5) is 14.4 Å². The van der Waals surface area contributed by atoms with Gasteiger partial charge in [0.05, 0.1) is 62.5 Å². The third kappa shape index (κ3) is 12.9. The molecule has 0 radical (unpaired) electrons. The molecule has 0 heterocycles. The maximum atomic E-state index is 12.5. The summed E-state index contributed by atoms with van der Waals surface area (Å²) in [5.41, 5.74) is -0.358. The van der Waals surface area contributed by atoms with Crippen LogP contribution in [-0.2, 0) is 43.5 Å². The van der Waals surface area contributed by atoms with E-state index in [0.717, 1.165) is 0 Å². The van der Waals surface area contributed by atoms with Gasteiger partial charge in [-0.05, 0) is 55.2 Å². The minimum atomic E-state index is -1.45. The van der Waals surface area contributed by atoms with Crippen molar-refractivity contribution >= 4 is 36.4 Å². The summed E-state index contributed by atoms with van der Waals surface area (Å²) in [5.74, 6) is -3.36. The van der Waals surface area contributed by atoms with Gasteiger partial charge in [-0.15, -0.1) is 0 Å². The topological polar surface area (TPSA) is 241 Å². The van der Waals surface area contributed by atoms with Crippen LogP contribution in [0.3, 0.4) is 0 Å². The van der Waals surface area contributed by atoms with Gasteiger partial charge in [-0.2, -0.15) is 14.4 Å². The second kappa shape index (κ2) is 22.8. The molecule has 0 aliphatic carbocycles. The molecule has 0 aliphatic heterocycles. The lowest BCUT2D eigenvalue weighted by Crippen LogP contribution is -2.22. The Kier molecular flexibility index (Phi) is 17.6. The molecule has 0 atom stereocenters. The molecule has 21 nitrogen and oxygen atoms in total. The molecule has 3 rings (SSSR count). The Bertz CT molecular complexity index is 1770. The van der Waals surface area contributed by atoms with E-state index in [4.69, 9.17) is 42.6 Å². The zero-order valence-corrected chi connectivity index (χ0v) is 31.4. The molecule has 0 spiro atoms. The normalized spacial score (nSPS) is 10.2. The van der Waals surface area contributed by atoms with Gasteiger partial charge < -0.3 is 42.6 Å². The molecule has 0 saturated heterocycles. The van der Waals surface area contributed by atoms with Crippen molar-refractivity contribution in [2.75, 3.05) is 62.5 Å². The first-order valence-corrected chi connectivity index (χ1v) is 16.3. The van der Waals surface area contributed by atoms with Crippen molar-refractivity contribution in [1.29, 1.82) is 0 Å². The number of benzene rings is 3. The SMILES string of the molecule is COc1cccc(C(=O)OOC(=O)OCCC(CCOC(=O)OOC(=O)c2cccc(OC)c2OC)COC(=O)OOC(=O)c2cccc(OC)c2OC)c1OC. The fourth-order valence-corrected chi connectivity index (χ4v) is 4.68. The molecule has 0 aliphatic rings. The van der Waals surface area contributed by atoms with Gasteiger partial charge in [-0.1, -0.05) is 18.2 Å². The van der Waals surface area contributed by atoms with Crippen LogP contribution < -0.4 is 28.4 Å². The summed E-state index contributed by atoms with van der Waals surface area (Å²) in [5, 5.41) is 0. The lowest BCUT2D eigenvalue weighted by molar-refractivity contribution is -0.206. The van der Waals surface area contributed by atoms with Gasteiger partial charge in [-0.25, -0.2) is 43.7 Å². The first-order chi connectivity index (χ1) is 27.5. The van der Waals surface area contributed by atoms with E-state index in [2.05, 4.69) is 29.3 Å². The third-order valence-electron chi connectivity index (χ3n) is 7.35. The fourth-order valence-electron chi connectivity index (χ4n) is 4.68. The monoisotopic (exact) mass is 806 g/mol. The van der Waals surface area contributed by atoms with Crippen molar-refractivity contribution in [2.24, 2.45) is 5.92 Å².